The van der Waals surface area contributed by atoms with E-state index in [9.17, 15) is 5.11 Å². The van der Waals surface area contributed by atoms with Crippen molar-refractivity contribution in [3.8, 4) is 16.9 Å². The van der Waals surface area contributed by atoms with Gasteiger partial charge in [-0.3, -0.25) is 9.36 Å². The number of methoxy groups -OCH3 is 1. The number of aliphatic hydroxyl groups excluding tert-OH is 1. The Labute approximate surface area is 293 Å². The number of nitrogens with zero attached hydrogens (tertiary/aromatic N) is 5. The van der Waals surface area contributed by atoms with Crippen molar-refractivity contribution >= 4 is 56.8 Å². The molecular formula is C37H38ClN5O3S2. The Kier molecular flexibility index (Phi) is 8.71. The first-order chi connectivity index (χ1) is 23.4. The lowest BCUT2D eigenvalue weighted by Gasteiger charge is -2.15. The van der Waals surface area contributed by atoms with E-state index in [1.54, 1.807) is 18.9 Å². The van der Waals surface area contributed by atoms with Crippen LogP contribution in [-0.4, -0.2) is 43.0 Å². The van der Waals surface area contributed by atoms with E-state index in [4.69, 9.17) is 31.3 Å². The summed E-state index contributed by atoms with van der Waals surface area (Å²) in [6.45, 7) is 1.44. The van der Waals surface area contributed by atoms with E-state index in [0.29, 0.717) is 18.1 Å². The molecule has 0 saturated carbocycles. The van der Waals surface area contributed by atoms with Gasteiger partial charge in [0.05, 0.1) is 34.2 Å². The standard InChI is InChI=1S/C37H38ClN5O3S2/c1-41-35-28-12-13-29(38)33(35)34-30(40-43-14-6-11-31(34)43)21-47-19-23-17-24(42(2)39-23)20-48-25-16-22-8-4-5-9-26(22)32(18-25)46-15-7-10-27(28)36(41)37(44)45-3/h4-5,8-9,12-13,16-18,37,44H,6-7,10-11,14-15,19-21H2,1-3H3. The summed E-state index contributed by atoms with van der Waals surface area (Å²) in [4.78, 5) is 1.16. The van der Waals surface area contributed by atoms with Gasteiger partial charge < -0.3 is 19.1 Å². The van der Waals surface area contributed by atoms with Crippen LogP contribution in [0, 0.1) is 0 Å². The quantitative estimate of drug-likeness (QED) is 0.183. The lowest BCUT2D eigenvalue weighted by Crippen LogP contribution is -2.09. The predicted octanol–water partition coefficient (Wildman–Crippen LogP) is 8.22. The van der Waals surface area contributed by atoms with Gasteiger partial charge in [-0.25, -0.2) is 0 Å². The molecule has 5 heterocycles. The number of ether oxygens (including phenoxy) is 2. The van der Waals surface area contributed by atoms with E-state index >= 15 is 0 Å². The summed E-state index contributed by atoms with van der Waals surface area (Å²) in [6.07, 6.45) is 2.41. The zero-order valence-electron chi connectivity index (χ0n) is 27.3. The first-order valence-corrected chi connectivity index (χ1v) is 18.9. The molecule has 8 nitrogen and oxygen atoms in total. The van der Waals surface area contributed by atoms with Crippen LogP contribution in [0.1, 0.15) is 53.2 Å². The van der Waals surface area contributed by atoms with E-state index in [1.807, 2.05) is 36.6 Å². The third-order valence-electron chi connectivity index (χ3n) is 9.61. The van der Waals surface area contributed by atoms with E-state index in [1.165, 1.54) is 11.4 Å². The number of hydrogen-bond acceptors (Lipinski definition) is 7. The molecule has 3 aromatic heterocycles. The maximum atomic E-state index is 11.2. The van der Waals surface area contributed by atoms with E-state index < -0.39 is 6.29 Å². The van der Waals surface area contributed by atoms with Crippen molar-refractivity contribution in [2.75, 3.05) is 13.7 Å². The van der Waals surface area contributed by atoms with Gasteiger partial charge in [0.15, 0.2) is 6.29 Å². The molecular weight excluding hydrogens is 662 g/mol. The number of fused-ring (bicyclic) bond motifs is 10. The molecule has 0 radical (unpaired) electrons. The fourth-order valence-electron chi connectivity index (χ4n) is 7.39. The molecule has 2 aliphatic heterocycles. The zero-order valence-corrected chi connectivity index (χ0v) is 29.7. The summed E-state index contributed by atoms with van der Waals surface area (Å²) >= 11 is 10.8. The molecule has 8 rings (SSSR count). The molecule has 3 aromatic carbocycles. The third kappa shape index (κ3) is 5.61. The summed E-state index contributed by atoms with van der Waals surface area (Å²) in [6, 6.07) is 19.1. The van der Waals surface area contributed by atoms with Gasteiger partial charge in [0, 0.05) is 83.2 Å². The number of aromatic nitrogens is 5. The number of thioether (sulfide) groups is 2. The van der Waals surface area contributed by atoms with Crippen LogP contribution in [0.15, 0.2) is 59.5 Å². The molecule has 0 spiro atoms. The molecule has 1 unspecified atom stereocenters. The van der Waals surface area contributed by atoms with Gasteiger partial charge in [-0.05, 0) is 60.9 Å². The van der Waals surface area contributed by atoms with Crippen LogP contribution in [-0.2, 0) is 55.5 Å². The summed E-state index contributed by atoms with van der Waals surface area (Å²) in [5.74, 6) is 3.22. The van der Waals surface area contributed by atoms with Crippen LogP contribution in [0.4, 0.5) is 0 Å². The van der Waals surface area contributed by atoms with Crippen LogP contribution < -0.4 is 4.74 Å². The first-order valence-electron chi connectivity index (χ1n) is 16.4. The van der Waals surface area contributed by atoms with Crippen molar-refractivity contribution < 1.29 is 14.6 Å². The maximum Gasteiger partial charge on any atom is 0.196 e. The summed E-state index contributed by atoms with van der Waals surface area (Å²) in [7, 11) is 5.57. The van der Waals surface area contributed by atoms with Gasteiger partial charge in [-0.2, -0.15) is 10.2 Å². The normalized spacial score (nSPS) is 16.1. The molecule has 248 valence electrons. The summed E-state index contributed by atoms with van der Waals surface area (Å²) in [5.41, 5.74) is 9.41. The van der Waals surface area contributed by atoms with Crippen LogP contribution in [0.25, 0.3) is 32.8 Å². The van der Waals surface area contributed by atoms with Gasteiger partial charge >= 0.3 is 0 Å². The second-order valence-corrected chi connectivity index (χ2v) is 15.0. The van der Waals surface area contributed by atoms with E-state index in [-0.39, 0.29) is 0 Å². The average molecular weight is 700 g/mol. The maximum absolute atomic E-state index is 11.2. The SMILES string of the molecule is COC(O)c1c2c3ccc(Cl)c(c3n1C)-c1c(nn3c1CCC3)CSCc1cc(n(C)n1)CSc1cc(c3ccccc3c1)OCCC2. The second kappa shape index (κ2) is 13.1. The first kappa shape index (κ1) is 31.8. The molecule has 8 bridgehead atoms. The molecule has 0 amide bonds. The highest BCUT2D eigenvalue weighted by molar-refractivity contribution is 7.98. The van der Waals surface area contributed by atoms with Crippen molar-refractivity contribution in [3.63, 3.8) is 0 Å². The Balaban J connectivity index is 1.26. The monoisotopic (exact) mass is 699 g/mol. The van der Waals surface area contributed by atoms with E-state index in [2.05, 4.69) is 57.8 Å². The minimum atomic E-state index is -1.08. The molecule has 0 fully saturated rings. The number of halogens is 1. The minimum absolute atomic E-state index is 0.529. The third-order valence-corrected chi connectivity index (χ3v) is 11.9. The van der Waals surface area contributed by atoms with Crippen molar-refractivity contribution in [1.29, 1.82) is 0 Å². The molecule has 48 heavy (non-hydrogen) atoms. The number of rotatable bonds is 2. The second-order valence-electron chi connectivity index (χ2n) is 12.6. The van der Waals surface area contributed by atoms with Crippen LogP contribution in [0.5, 0.6) is 5.75 Å². The Morgan fingerprint density at radius 1 is 0.958 bits per heavy atom. The highest BCUT2D eigenvalue weighted by Crippen LogP contribution is 2.45. The fourth-order valence-corrected chi connectivity index (χ4v) is 9.47. The molecule has 0 aliphatic carbocycles. The molecule has 11 heteroatoms. The van der Waals surface area contributed by atoms with E-state index in [0.717, 1.165) is 109 Å². The Morgan fingerprint density at radius 2 is 1.83 bits per heavy atom. The molecule has 1 N–H and O–H groups in total. The van der Waals surface area contributed by atoms with Gasteiger partial charge in [0.1, 0.15) is 5.75 Å². The summed E-state index contributed by atoms with van der Waals surface area (Å²) in [5, 5.41) is 25.2. The smallest absolute Gasteiger partial charge is 0.196 e. The highest BCUT2D eigenvalue weighted by Gasteiger charge is 2.30. The van der Waals surface area contributed by atoms with Crippen molar-refractivity contribution in [1.82, 2.24) is 24.1 Å². The van der Waals surface area contributed by atoms with Crippen LogP contribution >= 0.6 is 35.1 Å². The molecule has 6 aromatic rings. The minimum Gasteiger partial charge on any atom is -0.493 e. The van der Waals surface area contributed by atoms with Crippen molar-refractivity contribution in [3.05, 3.63) is 93.7 Å². The Bertz CT molecular complexity index is 2170. The Morgan fingerprint density at radius 3 is 2.71 bits per heavy atom. The van der Waals surface area contributed by atoms with Crippen molar-refractivity contribution in [2.45, 2.75) is 60.7 Å². The van der Waals surface area contributed by atoms with Gasteiger partial charge in [0.25, 0.3) is 0 Å². The largest absolute Gasteiger partial charge is 0.493 e. The van der Waals surface area contributed by atoms with Crippen LogP contribution in [0.3, 0.4) is 0 Å². The van der Waals surface area contributed by atoms with Crippen LogP contribution in [0.2, 0.25) is 5.02 Å². The zero-order chi connectivity index (χ0) is 32.9. The number of aliphatic hydroxyl groups is 1. The molecule has 0 saturated heterocycles. The lowest BCUT2D eigenvalue weighted by atomic mass is 9.97. The fraction of sp³-hybridized carbons (Fsp3) is 0.351. The summed E-state index contributed by atoms with van der Waals surface area (Å²) < 4.78 is 18.3. The van der Waals surface area contributed by atoms with Gasteiger partial charge in [-0.1, -0.05) is 41.9 Å². The number of benzene rings is 3. The lowest BCUT2D eigenvalue weighted by molar-refractivity contribution is -0.0818. The van der Waals surface area contributed by atoms with Gasteiger partial charge in [0.2, 0.25) is 0 Å². The highest BCUT2D eigenvalue weighted by atomic mass is 35.5. The molecule has 1 atom stereocenters. The van der Waals surface area contributed by atoms with Crippen molar-refractivity contribution in [2.24, 2.45) is 14.1 Å². The predicted molar refractivity (Wildman–Crippen MR) is 195 cm³/mol. The number of aryl methyl sites for hydroxylation is 4. The topological polar surface area (TPSA) is 79.3 Å². The average Bonchev–Trinajstić information content (AvgIpc) is 3.84. The Hall–Kier alpha value is -3.41. The van der Waals surface area contributed by atoms with Gasteiger partial charge in [-0.15, -0.1) is 23.5 Å². The molecule has 2 aliphatic rings. The number of hydrogen-bond donors (Lipinski definition) is 1.